The van der Waals surface area contributed by atoms with Crippen molar-refractivity contribution in [3.63, 3.8) is 0 Å². The van der Waals surface area contributed by atoms with E-state index in [1.807, 2.05) is 6.92 Å². The van der Waals surface area contributed by atoms with Crippen molar-refractivity contribution in [3.05, 3.63) is 34.9 Å². The Hall–Kier alpha value is -0.670. The first-order valence-corrected chi connectivity index (χ1v) is 7.73. The monoisotopic (exact) mass is 268 g/mol. The van der Waals surface area contributed by atoms with E-state index in [4.69, 9.17) is 4.55 Å². The van der Waals surface area contributed by atoms with Gasteiger partial charge in [-0.05, 0) is 44.1 Å². The molecule has 1 unspecified atom stereocenters. The molecule has 0 amide bonds. The Bertz CT molecular complexity index is 414. The van der Waals surface area contributed by atoms with Gasteiger partial charge in [0.2, 0.25) is 0 Å². The molecule has 1 N–H and O–H groups in total. The van der Waals surface area contributed by atoms with Crippen LogP contribution in [0.5, 0.6) is 0 Å². The van der Waals surface area contributed by atoms with E-state index in [0.29, 0.717) is 0 Å². The van der Waals surface area contributed by atoms with E-state index in [0.717, 1.165) is 5.57 Å². The summed E-state index contributed by atoms with van der Waals surface area (Å²) in [5, 5.41) is 0. The predicted octanol–water partition coefficient (Wildman–Crippen LogP) is 4.24. The zero-order chi connectivity index (χ0) is 13.8. The highest BCUT2D eigenvalue weighted by molar-refractivity contribution is 7.79. The molecule has 1 aliphatic rings. The van der Waals surface area contributed by atoms with Gasteiger partial charge in [-0.15, -0.1) is 0 Å². The Balaban J connectivity index is 2.82. The molecule has 0 spiro atoms. The van der Waals surface area contributed by atoms with Crippen molar-refractivity contribution in [1.82, 2.24) is 0 Å². The fraction of sp³-hybridized carbons (Fsp3) is 0.600. The molecule has 0 bridgehead atoms. The van der Waals surface area contributed by atoms with Crippen LogP contribution in [-0.4, -0.2) is 14.5 Å². The summed E-state index contributed by atoms with van der Waals surface area (Å²) >= 11 is -1.74. The average molecular weight is 268 g/mol. The van der Waals surface area contributed by atoms with Gasteiger partial charge in [-0.2, -0.15) is 0 Å². The summed E-state index contributed by atoms with van der Waals surface area (Å²) in [6, 6.07) is 0. The first kappa shape index (κ1) is 15.4. The Morgan fingerprint density at radius 1 is 1.50 bits per heavy atom. The van der Waals surface area contributed by atoms with Crippen LogP contribution < -0.4 is 0 Å². The summed E-state index contributed by atoms with van der Waals surface area (Å²) in [4.78, 5) is 0. The lowest BCUT2D eigenvalue weighted by molar-refractivity contribution is 0.377. The zero-order valence-corrected chi connectivity index (χ0v) is 12.6. The van der Waals surface area contributed by atoms with E-state index in [-0.39, 0.29) is 11.2 Å². The van der Waals surface area contributed by atoms with E-state index in [1.54, 1.807) is 6.08 Å². The molecule has 1 aliphatic carbocycles. The van der Waals surface area contributed by atoms with Crippen molar-refractivity contribution >= 4 is 11.1 Å². The van der Waals surface area contributed by atoms with Crippen molar-refractivity contribution in [2.45, 2.75) is 47.0 Å². The molecule has 0 fully saturated rings. The largest absolute Gasteiger partial charge is 0.306 e. The van der Waals surface area contributed by atoms with E-state index in [2.05, 4.69) is 32.9 Å². The number of hydrogen-bond donors (Lipinski definition) is 1. The molecule has 0 aromatic carbocycles. The summed E-state index contributed by atoms with van der Waals surface area (Å²) in [5.74, 6) is 0.206. The summed E-state index contributed by atoms with van der Waals surface area (Å²) in [6.45, 7) is 8.76. The molecule has 0 aliphatic heterocycles. The van der Waals surface area contributed by atoms with Gasteiger partial charge in [0.05, 0.1) is 5.75 Å². The van der Waals surface area contributed by atoms with Gasteiger partial charge in [-0.1, -0.05) is 43.2 Å². The number of allylic oxidation sites excluding steroid dienone is 5. The smallest absolute Gasteiger partial charge is 0.156 e. The minimum Gasteiger partial charge on any atom is -0.306 e. The van der Waals surface area contributed by atoms with Crippen molar-refractivity contribution in [2.75, 3.05) is 5.75 Å². The van der Waals surface area contributed by atoms with Crippen LogP contribution in [0.2, 0.25) is 0 Å². The zero-order valence-electron chi connectivity index (χ0n) is 11.8. The van der Waals surface area contributed by atoms with Gasteiger partial charge in [0, 0.05) is 0 Å². The highest BCUT2D eigenvalue weighted by Gasteiger charge is 2.26. The average Bonchev–Trinajstić information content (AvgIpc) is 2.24. The molecule has 102 valence electrons. The van der Waals surface area contributed by atoms with Crippen molar-refractivity contribution in [1.29, 1.82) is 0 Å². The van der Waals surface area contributed by atoms with E-state index < -0.39 is 11.1 Å². The Labute approximate surface area is 113 Å². The van der Waals surface area contributed by atoms with Gasteiger partial charge >= 0.3 is 0 Å². The second-order valence-corrected chi connectivity index (χ2v) is 6.68. The maximum absolute atomic E-state index is 10.6. The van der Waals surface area contributed by atoms with Crippen LogP contribution in [0.3, 0.4) is 0 Å². The predicted molar refractivity (Wildman–Crippen MR) is 78.9 cm³/mol. The van der Waals surface area contributed by atoms with E-state index >= 15 is 0 Å². The van der Waals surface area contributed by atoms with Crippen LogP contribution >= 0.6 is 0 Å². The first-order valence-electron chi connectivity index (χ1n) is 6.45. The van der Waals surface area contributed by atoms with Gasteiger partial charge in [0.15, 0.2) is 11.1 Å². The molecule has 0 saturated heterocycles. The highest BCUT2D eigenvalue weighted by atomic mass is 32.2. The molecule has 0 aromatic rings. The van der Waals surface area contributed by atoms with Gasteiger partial charge in [0.1, 0.15) is 0 Å². The van der Waals surface area contributed by atoms with Crippen molar-refractivity contribution in [2.24, 2.45) is 5.41 Å². The molecule has 0 radical (unpaired) electrons. The fourth-order valence-corrected chi connectivity index (χ4v) is 2.90. The highest BCUT2D eigenvalue weighted by Crippen LogP contribution is 2.40. The fourth-order valence-electron chi connectivity index (χ4n) is 2.50. The van der Waals surface area contributed by atoms with E-state index in [9.17, 15) is 4.21 Å². The molecule has 18 heavy (non-hydrogen) atoms. The third-order valence-corrected chi connectivity index (χ3v) is 4.06. The molecular formula is C15H24O2S. The van der Waals surface area contributed by atoms with Crippen molar-refractivity contribution < 1.29 is 8.76 Å². The normalized spacial score (nSPS) is 22.6. The molecule has 1 atom stereocenters. The number of hydrogen-bond acceptors (Lipinski definition) is 1. The second kappa shape index (κ2) is 6.48. The lowest BCUT2D eigenvalue weighted by Gasteiger charge is -2.32. The third-order valence-electron chi connectivity index (χ3n) is 3.60. The quantitative estimate of drug-likeness (QED) is 0.611. The van der Waals surface area contributed by atoms with Gasteiger partial charge in [-0.3, -0.25) is 0 Å². The summed E-state index contributed by atoms with van der Waals surface area (Å²) in [6.07, 6.45) is 9.73. The summed E-state index contributed by atoms with van der Waals surface area (Å²) < 4.78 is 19.3. The van der Waals surface area contributed by atoms with Crippen molar-refractivity contribution in [3.8, 4) is 0 Å². The molecule has 1 rings (SSSR count). The summed E-state index contributed by atoms with van der Waals surface area (Å²) in [5.41, 5.74) is 4.19. The molecule has 0 saturated carbocycles. The molecule has 0 aromatic heterocycles. The minimum atomic E-state index is -1.74. The van der Waals surface area contributed by atoms with Crippen LogP contribution in [0.1, 0.15) is 47.0 Å². The van der Waals surface area contributed by atoms with E-state index in [1.165, 1.54) is 30.4 Å². The molecular weight excluding hydrogens is 244 g/mol. The maximum Gasteiger partial charge on any atom is 0.156 e. The Morgan fingerprint density at radius 3 is 2.72 bits per heavy atom. The SMILES string of the molecule is CC1=C(/C=C/C(C)=C/CS(=O)O)C(C)(C)CCC1. The third kappa shape index (κ3) is 4.54. The lowest BCUT2D eigenvalue weighted by atomic mass is 9.72. The van der Waals surface area contributed by atoms with Crippen LogP contribution in [0.25, 0.3) is 0 Å². The molecule has 0 heterocycles. The van der Waals surface area contributed by atoms with Crippen LogP contribution in [0.15, 0.2) is 34.9 Å². The van der Waals surface area contributed by atoms with Gasteiger partial charge in [-0.25, -0.2) is 4.21 Å². The standard InChI is InChI=1S/C15H24O2S/c1-12(9-11-18(16)17)7-8-14-13(2)6-5-10-15(14,3)4/h7-9H,5-6,10-11H2,1-4H3,(H,16,17)/b8-7+,12-9+. The van der Waals surface area contributed by atoms with Crippen LogP contribution in [-0.2, 0) is 11.1 Å². The lowest BCUT2D eigenvalue weighted by Crippen LogP contribution is -2.19. The minimum absolute atomic E-state index is 0.206. The maximum atomic E-state index is 10.6. The van der Waals surface area contributed by atoms with Crippen LogP contribution in [0, 0.1) is 5.41 Å². The van der Waals surface area contributed by atoms with Gasteiger partial charge in [0.25, 0.3) is 0 Å². The molecule has 2 nitrogen and oxygen atoms in total. The Morgan fingerprint density at radius 2 is 2.17 bits per heavy atom. The topological polar surface area (TPSA) is 37.3 Å². The van der Waals surface area contributed by atoms with Gasteiger partial charge < -0.3 is 4.55 Å². The summed E-state index contributed by atoms with van der Waals surface area (Å²) in [7, 11) is 0. The second-order valence-electron chi connectivity index (χ2n) is 5.70. The first-order chi connectivity index (χ1) is 8.33. The molecule has 3 heteroatoms. The number of rotatable bonds is 4. The van der Waals surface area contributed by atoms with Crippen LogP contribution in [0.4, 0.5) is 0 Å². The Kier molecular flexibility index (Phi) is 5.54.